The van der Waals surface area contributed by atoms with Crippen LogP contribution in [0.1, 0.15) is 38.8 Å². The summed E-state index contributed by atoms with van der Waals surface area (Å²) in [6, 6.07) is 6.19. The Bertz CT molecular complexity index is 1370. The quantitative estimate of drug-likeness (QED) is 0.515. The van der Waals surface area contributed by atoms with E-state index in [1.807, 2.05) is 17.1 Å². The highest BCUT2D eigenvalue weighted by Crippen LogP contribution is 2.36. The first-order valence-electron chi connectivity index (χ1n) is 13.0. The number of fused-ring (bicyclic) bond motifs is 1. The topological polar surface area (TPSA) is 92.7 Å². The number of carbonyl (C=O) groups is 1. The Morgan fingerprint density at radius 1 is 0.974 bits per heavy atom. The minimum atomic E-state index is -0.566. The van der Waals surface area contributed by atoms with Gasteiger partial charge < -0.3 is 19.7 Å². The van der Waals surface area contributed by atoms with Gasteiger partial charge in [0.05, 0.1) is 44.0 Å². The van der Waals surface area contributed by atoms with Crippen molar-refractivity contribution < 1.29 is 23.0 Å². The molecular formula is C28H28F2N6O3. The molecule has 1 aromatic carbocycles. The van der Waals surface area contributed by atoms with Gasteiger partial charge in [0.15, 0.2) is 0 Å². The monoisotopic (exact) mass is 534 g/mol. The molecule has 1 unspecified atom stereocenters. The van der Waals surface area contributed by atoms with Gasteiger partial charge in [-0.1, -0.05) is 12.2 Å². The summed E-state index contributed by atoms with van der Waals surface area (Å²) < 4.78 is 40.8. The Kier molecular flexibility index (Phi) is 7.27. The summed E-state index contributed by atoms with van der Waals surface area (Å²) in [5, 5.41) is 3.11. The van der Waals surface area contributed by atoms with Gasteiger partial charge >= 0.3 is 0 Å². The molecule has 0 bridgehead atoms. The Morgan fingerprint density at radius 2 is 1.69 bits per heavy atom. The molecule has 1 N–H and O–H groups in total. The second kappa shape index (κ2) is 11.1. The molecule has 0 radical (unpaired) electrons. The van der Waals surface area contributed by atoms with Crippen LogP contribution in [0.2, 0.25) is 0 Å². The van der Waals surface area contributed by atoms with E-state index < -0.39 is 17.6 Å². The third-order valence-corrected chi connectivity index (χ3v) is 7.16. The van der Waals surface area contributed by atoms with Crippen molar-refractivity contribution >= 4 is 23.6 Å². The van der Waals surface area contributed by atoms with Crippen molar-refractivity contribution in [2.45, 2.75) is 12.5 Å². The standard InChI is InChI=1S/C28H28F2N6O3/c29-23-13-19(14-24(30)22(23)17-35-5-9-38-10-6-35)21-3-1-18-15-32-28(34-26(18)21)33-20-2-4-25(31-16-20)27(37)36-7-11-39-12-8-36/h1-4,13-16,21H,5-12,17H2,(H,32,33,34). The van der Waals surface area contributed by atoms with Gasteiger partial charge in [-0.15, -0.1) is 0 Å². The van der Waals surface area contributed by atoms with Crippen molar-refractivity contribution in [1.82, 2.24) is 24.8 Å². The van der Waals surface area contributed by atoms with Crippen molar-refractivity contribution in [3.8, 4) is 0 Å². The number of carbonyl (C=O) groups excluding carboxylic acids is 1. The van der Waals surface area contributed by atoms with Crippen LogP contribution in [-0.2, 0) is 16.0 Å². The second-order valence-electron chi connectivity index (χ2n) is 9.68. The Hall–Kier alpha value is -3.80. The fourth-order valence-electron chi connectivity index (χ4n) is 4.99. The van der Waals surface area contributed by atoms with Gasteiger partial charge in [0, 0.05) is 56.0 Å². The summed E-state index contributed by atoms with van der Waals surface area (Å²) in [7, 11) is 0. The van der Waals surface area contributed by atoms with E-state index in [-0.39, 0.29) is 18.0 Å². The molecule has 3 aliphatic rings. The molecule has 2 fully saturated rings. The van der Waals surface area contributed by atoms with Crippen LogP contribution in [0.15, 0.2) is 42.7 Å². The van der Waals surface area contributed by atoms with E-state index in [0.29, 0.717) is 81.2 Å². The molecule has 1 aliphatic carbocycles. The predicted octanol–water partition coefficient (Wildman–Crippen LogP) is 3.36. The van der Waals surface area contributed by atoms with Crippen LogP contribution in [0.3, 0.4) is 0 Å². The van der Waals surface area contributed by atoms with Crippen molar-refractivity contribution in [2.75, 3.05) is 57.9 Å². The molecule has 11 heteroatoms. The first-order chi connectivity index (χ1) is 19.0. The molecular weight excluding hydrogens is 506 g/mol. The first kappa shape index (κ1) is 25.5. The fourth-order valence-corrected chi connectivity index (χ4v) is 4.99. The number of hydrogen-bond acceptors (Lipinski definition) is 8. The zero-order valence-corrected chi connectivity index (χ0v) is 21.3. The number of allylic oxidation sites excluding steroid dienone is 1. The molecule has 3 aromatic rings. The van der Waals surface area contributed by atoms with Crippen LogP contribution in [0.4, 0.5) is 20.4 Å². The van der Waals surface area contributed by atoms with E-state index in [1.165, 1.54) is 12.1 Å². The molecule has 6 rings (SSSR count). The fraction of sp³-hybridized carbons (Fsp3) is 0.357. The minimum absolute atomic E-state index is 0.0657. The lowest BCUT2D eigenvalue weighted by molar-refractivity contribution is 0.0299. The number of ether oxygens (including phenoxy) is 2. The van der Waals surface area contributed by atoms with Crippen LogP contribution in [0, 0.1) is 11.6 Å². The maximum atomic E-state index is 15.1. The highest BCUT2D eigenvalue weighted by molar-refractivity contribution is 5.92. The lowest BCUT2D eigenvalue weighted by Gasteiger charge is -2.27. The van der Waals surface area contributed by atoms with Gasteiger partial charge in [0.1, 0.15) is 17.3 Å². The largest absolute Gasteiger partial charge is 0.379 e. The summed E-state index contributed by atoms with van der Waals surface area (Å²) in [4.78, 5) is 29.6. The molecule has 2 aromatic heterocycles. The molecule has 1 amide bonds. The Morgan fingerprint density at radius 3 is 2.38 bits per heavy atom. The average Bonchev–Trinajstić information content (AvgIpc) is 3.39. The lowest BCUT2D eigenvalue weighted by atomic mass is 9.95. The minimum Gasteiger partial charge on any atom is -0.379 e. The SMILES string of the molecule is O=C(c1ccc(Nc2ncc3c(n2)C(c2cc(F)c(CN4CCOCC4)c(F)c2)C=C3)cn1)N1CCOCC1. The van der Waals surface area contributed by atoms with Gasteiger partial charge in [-0.3, -0.25) is 9.69 Å². The molecule has 202 valence electrons. The van der Waals surface area contributed by atoms with Crippen molar-refractivity contribution in [3.05, 3.63) is 82.4 Å². The van der Waals surface area contributed by atoms with Gasteiger partial charge in [0.2, 0.25) is 5.95 Å². The number of aromatic nitrogens is 3. The molecule has 2 saturated heterocycles. The smallest absolute Gasteiger partial charge is 0.272 e. The van der Waals surface area contributed by atoms with Gasteiger partial charge in [0.25, 0.3) is 5.91 Å². The van der Waals surface area contributed by atoms with Crippen LogP contribution < -0.4 is 5.32 Å². The van der Waals surface area contributed by atoms with Crippen LogP contribution in [-0.4, -0.2) is 83.3 Å². The third kappa shape index (κ3) is 5.51. The van der Waals surface area contributed by atoms with Crippen molar-refractivity contribution in [1.29, 1.82) is 0 Å². The first-order valence-corrected chi connectivity index (χ1v) is 13.0. The van der Waals surface area contributed by atoms with E-state index in [2.05, 4.69) is 20.3 Å². The molecule has 0 spiro atoms. The highest BCUT2D eigenvalue weighted by Gasteiger charge is 2.26. The average molecular weight is 535 g/mol. The zero-order chi connectivity index (χ0) is 26.8. The number of nitrogens with one attached hydrogen (secondary N) is 1. The normalized spacial score (nSPS) is 19.2. The highest BCUT2D eigenvalue weighted by atomic mass is 19.1. The van der Waals surface area contributed by atoms with Crippen LogP contribution in [0.25, 0.3) is 6.08 Å². The summed E-state index contributed by atoms with van der Waals surface area (Å²) in [6.45, 7) is 4.76. The number of nitrogens with zero attached hydrogens (tertiary/aromatic N) is 5. The molecule has 1 atom stereocenters. The molecule has 9 nitrogen and oxygen atoms in total. The molecule has 39 heavy (non-hydrogen) atoms. The van der Waals surface area contributed by atoms with E-state index in [0.717, 1.165) is 5.56 Å². The number of amides is 1. The Labute approximate surface area is 224 Å². The maximum absolute atomic E-state index is 15.1. The van der Waals surface area contributed by atoms with E-state index in [9.17, 15) is 4.79 Å². The van der Waals surface area contributed by atoms with E-state index in [1.54, 1.807) is 29.4 Å². The second-order valence-corrected chi connectivity index (χ2v) is 9.68. The summed E-state index contributed by atoms with van der Waals surface area (Å²) in [5.41, 5.74) is 2.95. The van der Waals surface area contributed by atoms with Crippen LogP contribution >= 0.6 is 0 Å². The van der Waals surface area contributed by atoms with Gasteiger partial charge in [-0.25, -0.2) is 23.7 Å². The number of halogens is 2. The maximum Gasteiger partial charge on any atom is 0.272 e. The Balaban J connectivity index is 1.17. The summed E-state index contributed by atoms with van der Waals surface area (Å²) in [5.74, 6) is -1.35. The molecule has 2 aliphatic heterocycles. The van der Waals surface area contributed by atoms with E-state index >= 15 is 8.78 Å². The predicted molar refractivity (Wildman–Crippen MR) is 140 cm³/mol. The number of hydrogen-bond donors (Lipinski definition) is 1. The van der Waals surface area contributed by atoms with Crippen molar-refractivity contribution in [3.63, 3.8) is 0 Å². The van der Waals surface area contributed by atoms with Gasteiger partial charge in [-0.05, 0) is 29.8 Å². The molecule has 4 heterocycles. The number of anilines is 2. The number of pyridine rings is 1. The number of rotatable bonds is 6. The third-order valence-electron chi connectivity index (χ3n) is 7.16. The van der Waals surface area contributed by atoms with E-state index in [4.69, 9.17) is 9.47 Å². The number of morpholine rings is 2. The molecule has 0 saturated carbocycles. The zero-order valence-electron chi connectivity index (χ0n) is 21.3. The van der Waals surface area contributed by atoms with Gasteiger partial charge in [-0.2, -0.15) is 0 Å². The number of benzene rings is 1. The van der Waals surface area contributed by atoms with Crippen LogP contribution in [0.5, 0.6) is 0 Å². The summed E-state index contributed by atoms with van der Waals surface area (Å²) in [6.07, 6.45) is 6.95. The lowest BCUT2D eigenvalue weighted by Crippen LogP contribution is -2.41. The summed E-state index contributed by atoms with van der Waals surface area (Å²) >= 11 is 0. The van der Waals surface area contributed by atoms with Crippen molar-refractivity contribution in [2.24, 2.45) is 0 Å².